The van der Waals surface area contributed by atoms with Crippen molar-refractivity contribution in [3.05, 3.63) is 95.3 Å². The number of rotatable bonds is 19. The molecule has 1 aromatic carbocycles. The number of ether oxygens (including phenoxy) is 6. The Balaban J connectivity index is 0.000000196. The number of aliphatic hydroxyl groups excluding tert-OH is 1. The molecule has 4 fully saturated rings. The number of benzene rings is 1. The Morgan fingerprint density at radius 2 is 1.51 bits per heavy atom. The number of aryl methyl sites for hydroxylation is 2. The van der Waals surface area contributed by atoms with Crippen LogP contribution >= 0.6 is 15.6 Å². The second-order valence-electron chi connectivity index (χ2n) is 23.7. The first-order valence-electron chi connectivity index (χ1n) is 29.0. The molecule has 29 nitrogen and oxygen atoms in total. The standard InChI is InChI=1S/C23H31FN3O8P.C19H27FN2O6.C15H21FN5O5P/c1-14(2)33-20(29)16(4)26-36(31,35-17-9-7-6-8-10-17)32-13-18-19(28)23(5,24)21(34-18)27-12-11-15(3)25-22(27)30;1-10(2)15(23)26-9-13-14(28-16(24)11(3)4)19(6,20)17(27-13)22-8-7-12(5)21-18(22)25;1-7(2)25-27(22)23-5-9-11(26-27)15(4,16)13(24-9)21-6-18-10-8(3)19-14(17)20-12(10)21/h6-12,14,16,18-19,21,28H,3,13H2,1-2,4-5H3,(H,25,30)(H,26,31);7-8,10-11,13-14,17H,9H2,1-6H3;6-7,9,11,13H,5H2,1-4H3,(H2,17,19,20)/t16-,18+,19+,21+,23+,36-;13-,14-,17-,19-;9-,11-,13-,15-,27?/m011/s1. The third-order valence-electron chi connectivity index (χ3n) is 14.3. The predicted molar refractivity (Wildman–Crippen MR) is 317 cm³/mol. The van der Waals surface area contributed by atoms with Gasteiger partial charge in [-0.3, -0.25) is 46.5 Å². The number of nitrogens with two attached hydrogens (primary N) is 1. The molecule has 5 N–H and O–H groups in total. The Bertz CT molecular complexity index is 3480. The van der Waals surface area contributed by atoms with E-state index in [1.54, 1.807) is 93.5 Å². The lowest BCUT2D eigenvalue weighted by Crippen LogP contribution is -2.53. The molecule has 2 amide bonds. The zero-order chi connectivity index (χ0) is 67.5. The van der Waals surface area contributed by atoms with E-state index in [1.165, 1.54) is 62.3 Å². The van der Waals surface area contributed by atoms with Crippen LogP contribution in [0.5, 0.6) is 5.75 Å². The number of anilines is 1. The van der Waals surface area contributed by atoms with Gasteiger partial charge >= 0.3 is 45.2 Å². The number of para-hydroxylation sites is 1. The molecule has 91 heavy (non-hydrogen) atoms. The number of carbonyl (C=O) groups excluding carboxylic acids is 4. The molecule has 5 aliphatic heterocycles. The third kappa shape index (κ3) is 16.8. The number of esters is 3. The summed E-state index contributed by atoms with van der Waals surface area (Å²) in [5, 5.41) is 15.5. The van der Waals surface area contributed by atoms with Gasteiger partial charge in [0.25, 0.3) is 0 Å². The zero-order valence-electron chi connectivity index (χ0n) is 52.7. The average molecular weight is 1330 g/mol. The van der Waals surface area contributed by atoms with E-state index in [1.807, 2.05) is 0 Å². The molecule has 8 heterocycles. The minimum Gasteiger partial charge on any atom is -0.463 e. The molecule has 15 atom stereocenters. The highest BCUT2D eigenvalue weighted by Crippen LogP contribution is 2.60. The monoisotopic (exact) mass is 1330 g/mol. The van der Waals surface area contributed by atoms with Crippen LogP contribution in [0.3, 0.4) is 0 Å². The quantitative estimate of drug-likeness (QED) is 0.0409. The fourth-order valence-corrected chi connectivity index (χ4v) is 12.9. The maximum Gasteiger partial charge on any atom is 0.475 e. The van der Waals surface area contributed by atoms with Crippen LogP contribution in [0.4, 0.5) is 23.9 Å². The van der Waals surface area contributed by atoms with Crippen molar-refractivity contribution in [1.29, 1.82) is 0 Å². The van der Waals surface area contributed by atoms with Crippen LogP contribution in [0.2, 0.25) is 0 Å². The number of hydrogen-bond donors (Lipinski definition) is 4. The Hall–Kier alpha value is -6.70. The fraction of sp³-hybridized carbons (Fsp3) is 0.596. The number of aromatic nitrogens is 6. The zero-order valence-corrected chi connectivity index (χ0v) is 54.5. The van der Waals surface area contributed by atoms with Crippen molar-refractivity contribution in [2.75, 3.05) is 25.6 Å². The number of carbonyl (C=O) groups is 4. The third-order valence-corrected chi connectivity index (χ3v) is 17.6. The molecule has 4 saturated heterocycles. The Kier molecular flexibility index (Phi) is 22.6. The number of phosphoric ester groups is 1. The second-order valence-corrected chi connectivity index (χ2v) is 26.9. The summed E-state index contributed by atoms with van der Waals surface area (Å²) in [6, 6.07) is 7.82. The highest BCUT2D eigenvalue weighted by Gasteiger charge is 2.63. The summed E-state index contributed by atoms with van der Waals surface area (Å²) in [5.74, 6) is -2.44. The molecule has 0 spiro atoms. The van der Waals surface area contributed by atoms with Gasteiger partial charge in [-0.15, -0.1) is 0 Å². The summed E-state index contributed by atoms with van der Waals surface area (Å²) >= 11 is 0. The van der Waals surface area contributed by atoms with Gasteiger partial charge in [0, 0.05) is 23.8 Å². The number of urea groups is 1. The first kappa shape index (κ1) is 71.7. The normalized spacial score (nSPS) is 30.5. The summed E-state index contributed by atoms with van der Waals surface area (Å²) in [4.78, 5) is 77.9. The van der Waals surface area contributed by atoms with Gasteiger partial charge in [-0.2, -0.15) is 15.1 Å². The number of amides is 2. The van der Waals surface area contributed by atoms with Crippen LogP contribution in [-0.2, 0) is 70.0 Å². The summed E-state index contributed by atoms with van der Waals surface area (Å²) in [5.41, 5.74) is 0.519. The van der Waals surface area contributed by atoms with Crippen LogP contribution in [-0.4, -0.2) is 161 Å². The lowest BCUT2D eigenvalue weighted by atomic mass is 9.98. The Labute approximate surface area is 523 Å². The second kappa shape index (κ2) is 28.7. The van der Waals surface area contributed by atoms with Gasteiger partial charge in [-0.25, -0.2) is 41.9 Å². The smallest absolute Gasteiger partial charge is 0.463 e. The van der Waals surface area contributed by atoms with Crippen molar-refractivity contribution >= 4 is 56.6 Å². The topological polar surface area (TPSA) is 356 Å². The lowest BCUT2D eigenvalue weighted by Gasteiger charge is -2.34. The number of nitrogens with one attached hydrogen (secondary N) is 2. The summed E-state index contributed by atoms with van der Waals surface area (Å²) in [6.45, 7) is 24.2. The van der Waals surface area contributed by atoms with Crippen LogP contribution in [0, 0.1) is 25.7 Å². The van der Waals surface area contributed by atoms with E-state index < -0.39 is 148 Å². The number of halogens is 3. The van der Waals surface area contributed by atoms with Crippen LogP contribution in [0.1, 0.15) is 107 Å². The molecular weight excluding hydrogens is 1250 g/mol. The summed E-state index contributed by atoms with van der Waals surface area (Å²) in [6.07, 6.45) is -6.73. The van der Waals surface area contributed by atoms with E-state index in [2.05, 4.69) is 36.9 Å². The highest BCUT2D eigenvalue weighted by atomic mass is 31.2. The van der Waals surface area contributed by atoms with E-state index in [-0.39, 0.29) is 30.8 Å². The van der Waals surface area contributed by atoms with E-state index in [9.17, 15) is 38.2 Å². The molecule has 4 aromatic rings. The van der Waals surface area contributed by atoms with Gasteiger partial charge in [0.15, 0.2) is 47.4 Å². The highest BCUT2D eigenvalue weighted by molar-refractivity contribution is 7.52. The first-order chi connectivity index (χ1) is 42.4. The van der Waals surface area contributed by atoms with Gasteiger partial charge in [0.2, 0.25) is 5.95 Å². The number of phosphoric acid groups is 1. The van der Waals surface area contributed by atoms with Crippen molar-refractivity contribution in [2.24, 2.45) is 11.8 Å². The molecule has 3 aromatic heterocycles. The van der Waals surface area contributed by atoms with Crippen LogP contribution in [0.15, 0.2) is 78.3 Å². The van der Waals surface area contributed by atoms with Gasteiger partial charge in [0.1, 0.15) is 54.4 Å². The largest absolute Gasteiger partial charge is 0.475 e. The number of allylic oxidation sites excluding steroid dienone is 1. The number of hydrogen-bond acceptors (Lipinski definition) is 24. The van der Waals surface area contributed by atoms with Crippen molar-refractivity contribution < 1.29 is 97.6 Å². The maximum absolute atomic E-state index is 15.8. The Morgan fingerprint density at radius 3 is 2.12 bits per heavy atom. The molecule has 0 aliphatic carbocycles. The van der Waals surface area contributed by atoms with Gasteiger partial charge < -0.3 is 49.1 Å². The molecular formula is C57H79F3N10O19P2. The van der Waals surface area contributed by atoms with E-state index in [0.717, 1.165) is 16.4 Å². The lowest BCUT2D eigenvalue weighted by molar-refractivity contribution is -0.165. The molecule has 9 rings (SSSR count). The number of nitrogen functional groups attached to an aromatic ring is 1. The number of imidazole rings is 1. The minimum atomic E-state index is -4.27. The first-order valence-corrected chi connectivity index (χ1v) is 32.0. The van der Waals surface area contributed by atoms with E-state index in [4.69, 9.17) is 56.8 Å². The van der Waals surface area contributed by atoms with E-state index >= 15 is 13.2 Å². The molecule has 1 unspecified atom stereocenters. The van der Waals surface area contributed by atoms with Crippen LogP contribution in [0.25, 0.3) is 11.2 Å². The van der Waals surface area contributed by atoms with Crippen molar-refractivity contribution in [3.63, 3.8) is 0 Å². The van der Waals surface area contributed by atoms with E-state index in [0.29, 0.717) is 28.2 Å². The SMILES string of the molecule is C=C1C=CN([C@@H]2O[C@H](CO[P@@](=O)(N[C@@H](C)C(=O)OC(C)C)Oc3ccccc3)[C@@H](O)[C@@]2(C)F)C(=O)N1.Cc1ccn([C@@H]2O[C@H](COC(=O)C(C)C)[C@@H](OC(=O)C(C)C)[C@@]2(C)F)c(=O)n1.Cc1nc(N)nc2c1ncn2[C@@H]1O[C@@H]2COP(=O)(OC(C)C)O[C@H]2[C@@]1(C)F. The average Bonchev–Trinajstić information content (AvgIpc) is 1.61. The number of aliphatic hydroxyl groups is 1. The molecule has 0 radical (unpaired) electrons. The number of nitrogens with zero attached hydrogens (tertiary/aromatic N) is 7. The van der Waals surface area contributed by atoms with Crippen LogP contribution < -0.4 is 26.4 Å². The fourth-order valence-electron chi connectivity index (χ4n) is 9.73. The maximum atomic E-state index is 15.8. The number of alkyl halides is 3. The molecule has 0 saturated carbocycles. The van der Waals surface area contributed by atoms with Crippen molar-refractivity contribution in [1.82, 2.24) is 44.4 Å². The molecule has 0 bridgehead atoms. The molecule has 502 valence electrons. The minimum absolute atomic E-state index is 0.0483. The summed E-state index contributed by atoms with van der Waals surface area (Å²) < 4.78 is 135. The predicted octanol–water partition coefficient (Wildman–Crippen LogP) is 7.22. The van der Waals surface area contributed by atoms with Gasteiger partial charge in [-0.05, 0) is 93.5 Å². The van der Waals surface area contributed by atoms with Crippen molar-refractivity contribution in [3.8, 4) is 5.75 Å². The number of fused-ring (bicyclic) bond motifs is 2. The molecule has 34 heteroatoms. The Morgan fingerprint density at radius 1 is 0.857 bits per heavy atom. The molecule has 5 aliphatic rings. The summed E-state index contributed by atoms with van der Waals surface area (Å²) in [7, 11) is -8.15. The van der Waals surface area contributed by atoms with Crippen molar-refractivity contribution in [2.45, 2.75) is 187 Å². The van der Waals surface area contributed by atoms with Gasteiger partial charge in [-0.1, -0.05) is 52.5 Å². The van der Waals surface area contributed by atoms with Gasteiger partial charge in [0.05, 0.1) is 49.3 Å².